The lowest BCUT2D eigenvalue weighted by atomic mass is 9.92. The quantitative estimate of drug-likeness (QED) is 0.156. The molecule has 0 radical (unpaired) electrons. The van der Waals surface area contributed by atoms with Crippen molar-refractivity contribution in [1.29, 1.82) is 0 Å². The molecule has 0 saturated heterocycles. The third-order valence-electron chi connectivity index (χ3n) is 12.0. The number of hydrogen-bond acceptors (Lipinski definition) is 2. The summed E-state index contributed by atoms with van der Waals surface area (Å²) in [7, 11) is 0. The number of rotatable bonds is 7. The zero-order valence-electron chi connectivity index (χ0n) is 32.2. The van der Waals surface area contributed by atoms with Gasteiger partial charge in [-0.3, -0.25) is 0 Å². The van der Waals surface area contributed by atoms with Crippen LogP contribution in [-0.4, -0.2) is 6.04 Å². The Balaban J connectivity index is 0.914. The third-order valence-corrected chi connectivity index (χ3v) is 13.2. The van der Waals surface area contributed by atoms with Gasteiger partial charge in [0.15, 0.2) is 0 Å². The molecule has 9 aromatic rings. The summed E-state index contributed by atoms with van der Waals surface area (Å²) >= 11 is 1.89. The molecule has 0 aliphatic heterocycles. The Labute approximate surface area is 343 Å². The average molecular weight is 760 g/mol. The highest BCUT2D eigenvalue weighted by molar-refractivity contribution is 7.25. The minimum atomic E-state index is 0.153. The van der Waals surface area contributed by atoms with Crippen LogP contribution in [0.4, 0.5) is 11.4 Å². The van der Waals surface area contributed by atoms with E-state index < -0.39 is 0 Å². The van der Waals surface area contributed by atoms with Gasteiger partial charge in [0, 0.05) is 36.9 Å². The van der Waals surface area contributed by atoms with Crippen LogP contribution in [0.5, 0.6) is 0 Å². The van der Waals surface area contributed by atoms with E-state index in [9.17, 15) is 0 Å². The predicted octanol–water partition coefficient (Wildman–Crippen LogP) is 16.0. The minimum absolute atomic E-state index is 0.153. The van der Waals surface area contributed by atoms with Gasteiger partial charge in [0.2, 0.25) is 0 Å². The van der Waals surface area contributed by atoms with Gasteiger partial charge >= 0.3 is 0 Å². The molecule has 1 heterocycles. The van der Waals surface area contributed by atoms with Crippen molar-refractivity contribution in [3.63, 3.8) is 0 Å². The molecule has 1 atom stereocenters. The van der Waals surface area contributed by atoms with E-state index >= 15 is 0 Å². The molecule has 276 valence electrons. The van der Waals surface area contributed by atoms with E-state index in [1.165, 1.54) is 97.6 Å². The van der Waals surface area contributed by atoms with E-state index in [0.29, 0.717) is 0 Å². The lowest BCUT2D eigenvalue weighted by Crippen LogP contribution is -2.30. The van der Waals surface area contributed by atoms with E-state index in [4.69, 9.17) is 0 Å². The fourth-order valence-electron chi connectivity index (χ4n) is 9.06. The molecule has 2 heteroatoms. The number of hydrogen-bond donors (Lipinski definition) is 0. The van der Waals surface area contributed by atoms with Gasteiger partial charge in [0.25, 0.3) is 0 Å². The van der Waals surface area contributed by atoms with Crippen molar-refractivity contribution >= 4 is 75.6 Å². The molecule has 0 spiro atoms. The van der Waals surface area contributed by atoms with Crippen molar-refractivity contribution in [2.45, 2.75) is 25.3 Å². The normalized spacial score (nSPS) is 15.3. The van der Waals surface area contributed by atoms with E-state index in [1.54, 1.807) is 0 Å². The molecule has 2 aliphatic carbocycles. The first-order chi connectivity index (χ1) is 28.7. The number of anilines is 2. The van der Waals surface area contributed by atoms with Gasteiger partial charge in [0.05, 0.1) is 6.04 Å². The Bertz CT molecular complexity index is 3140. The maximum absolute atomic E-state index is 2.53. The molecule has 0 bridgehead atoms. The fraction of sp³-hybridized carbons (Fsp3) is 0.0714. The van der Waals surface area contributed by atoms with Crippen LogP contribution < -0.4 is 4.90 Å². The molecule has 0 fully saturated rings. The Kier molecular flexibility index (Phi) is 8.71. The summed E-state index contributed by atoms with van der Waals surface area (Å²) < 4.78 is 2.68. The second kappa shape index (κ2) is 14.6. The van der Waals surface area contributed by atoms with Crippen LogP contribution in [0.3, 0.4) is 0 Å². The van der Waals surface area contributed by atoms with E-state index in [-0.39, 0.29) is 6.04 Å². The number of thiophene rings is 1. The van der Waals surface area contributed by atoms with Gasteiger partial charge in [-0.15, -0.1) is 11.3 Å². The van der Waals surface area contributed by atoms with Crippen molar-refractivity contribution in [2.24, 2.45) is 0 Å². The van der Waals surface area contributed by atoms with Gasteiger partial charge in [0.1, 0.15) is 0 Å². The van der Waals surface area contributed by atoms with E-state index in [1.807, 2.05) is 11.3 Å². The van der Waals surface area contributed by atoms with Crippen LogP contribution in [-0.2, 0) is 0 Å². The van der Waals surface area contributed by atoms with Gasteiger partial charge in [-0.25, -0.2) is 0 Å². The minimum Gasteiger partial charge on any atom is -0.334 e. The number of nitrogens with zero attached hydrogens (tertiary/aromatic N) is 1. The second-order valence-electron chi connectivity index (χ2n) is 15.5. The van der Waals surface area contributed by atoms with Gasteiger partial charge in [-0.1, -0.05) is 158 Å². The van der Waals surface area contributed by atoms with Crippen molar-refractivity contribution in [3.05, 3.63) is 217 Å². The molecule has 0 N–H and O–H groups in total. The predicted molar refractivity (Wildman–Crippen MR) is 252 cm³/mol. The summed E-state index contributed by atoms with van der Waals surface area (Å²) in [5.41, 5.74) is 12.5. The second-order valence-corrected chi connectivity index (χ2v) is 16.6. The molecule has 1 aromatic heterocycles. The Morgan fingerprint density at radius 1 is 0.448 bits per heavy atom. The topological polar surface area (TPSA) is 3.24 Å². The molecule has 1 nitrogen and oxygen atoms in total. The molecular formula is C56H41NS. The Morgan fingerprint density at radius 2 is 1.07 bits per heavy atom. The summed E-state index contributed by atoms with van der Waals surface area (Å²) in [5, 5.41) is 7.73. The number of fused-ring (bicyclic) bond motifs is 5. The van der Waals surface area contributed by atoms with Crippen molar-refractivity contribution < 1.29 is 0 Å². The summed E-state index contributed by atoms with van der Waals surface area (Å²) in [4.78, 5) is 2.53. The highest BCUT2D eigenvalue weighted by atomic mass is 32.1. The lowest BCUT2D eigenvalue weighted by molar-refractivity contribution is 0.789. The van der Waals surface area contributed by atoms with Gasteiger partial charge in [-0.05, 0) is 128 Å². The Hall–Kier alpha value is -6.74. The highest BCUT2D eigenvalue weighted by Crippen LogP contribution is 2.41. The maximum atomic E-state index is 2.53. The highest BCUT2D eigenvalue weighted by Gasteiger charge is 2.23. The first kappa shape index (κ1) is 34.5. The van der Waals surface area contributed by atoms with Crippen molar-refractivity contribution in [2.75, 3.05) is 4.90 Å². The molecule has 58 heavy (non-hydrogen) atoms. The number of benzene rings is 8. The summed E-state index contributed by atoms with van der Waals surface area (Å²) in [6.07, 6.45) is 17.2. The van der Waals surface area contributed by atoms with Crippen LogP contribution >= 0.6 is 11.3 Å². The molecule has 0 saturated carbocycles. The molecular weight excluding hydrogens is 719 g/mol. The first-order valence-corrected chi connectivity index (χ1v) is 21.2. The Morgan fingerprint density at radius 3 is 1.84 bits per heavy atom. The molecule has 11 rings (SSSR count). The van der Waals surface area contributed by atoms with Crippen LogP contribution in [0.2, 0.25) is 0 Å². The third kappa shape index (κ3) is 6.27. The maximum Gasteiger partial charge on any atom is 0.0560 e. The van der Waals surface area contributed by atoms with Crippen LogP contribution in [0, 0.1) is 0 Å². The smallest absolute Gasteiger partial charge is 0.0560 e. The standard InChI is InChI=1S/C56H41NS/c1-2-11-38(12-3-1)45-27-33-55-52(36-45)53-37-46(28-34-56(53)58-55)44-18-8-17-43(35-44)39-23-29-47(30-24-39)57(54-22-10-16-41-14-5-7-20-51(41)54)48-31-25-42(26-32-48)50-21-9-15-40-13-4-6-19-49(40)50/h2,4-29,31-37,47H,1,3,30H2. The summed E-state index contributed by atoms with van der Waals surface area (Å²) in [5.74, 6) is 0. The van der Waals surface area contributed by atoms with E-state index in [2.05, 4.69) is 211 Å². The van der Waals surface area contributed by atoms with Crippen LogP contribution in [0.25, 0.3) is 75.1 Å². The van der Waals surface area contributed by atoms with Crippen molar-refractivity contribution in [3.8, 4) is 22.3 Å². The fourth-order valence-corrected chi connectivity index (χ4v) is 10.1. The zero-order chi connectivity index (χ0) is 38.4. The molecule has 8 aromatic carbocycles. The van der Waals surface area contributed by atoms with Gasteiger partial charge in [-0.2, -0.15) is 0 Å². The summed E-state index contributed by atoms with van der Waals surface area (Å²) in [6, 6.07) is 63.0. The number of allylic oxidation sites excluding steroid dienone is 6. The zero-order valence-corrected chi connectivity index (χ0v) is 33.0. The van der Waals surface area contributed by atoms with Gasteiger partial charge < -0.3 is 4.90 Å². The summed E-state index contributed by atoms with van der Waals surface area (Å²) in [6.45, 7) is 0. The van der Waals surface area contributed by atoms with Crippen molar-refractivity contribution in [1.82, 2.24) is 0 Å². The largest absolute Gasteiger partial charge is 0.334 e. The SMILES string of the molecule is C1=CC(c2ccc3sc4ccc(-c5cccc(C6=CCC(N(c7ccc(-c8cccc9ccccc89)cc7)c7cccc8ccccc78)C=C6)c5)cc4c3c2)=CCC1. The molecule has 1 unspecified atom stereocenters. The first-order valence-electron chi connectivity index (χ1n) is 20.4. The monoisotopic (exact) mass is 759 g/mol. The van der Waals surface area contributed by atoms with E-state index in [0.717, 1.165) is 19.3 Å². The van der Waals surface area contributed by atoms with Crippen LogP contribution in [0.1, 0.15) is 30.4 Å². The van der Waals surface area contributed by atoms with Crippen LogP contribution in [0.15, 0.2) is 206 Å². The molecule has 2 aliphatic rings. The lowest BCUT2D eigenvalue weighted by Gasteiger charge is -2.34. The molecule has 0 amide bonds. The average Bonchev–Trinajstić information content (AvgIpc) is 3.67.